The first-order chi connectivity index (χ1) is 15.2. The molecule has 4 atom stereocenters. The fourth-order valence-corrected chi connectivity index (χ4v) is 3.45. The van der Waals surface area contributed by atoms with Crippen LogP contribution in [0, 0.1) is 5.92 Å². The van der Waals surface area contributed by atoms with Gasteiger partial charge in [0, 0.05) is 27.4 Å². The van der Waals surface area contributed by atoms with E-state index in [0.29, 0.717) is 6.42 Å². The highest BCUT2D eigenvalue weighted by Gasteiger charge is 2.42. The summed E-state index contributed by atoms with van der Waals surface area (Å²) in [7, 11) is 3.24. The van der Waals surface area contributed by atoms with Crippen molar-refractivity contribution < 1.29 is 28.8 Å². The molecule has 0 bridgehead atoms. The van der Waals surface area contributed by atoms with Crippen molar-refractivity contribution in [1.82, 2.24) is 25.8 Å². The van der Waals surface area contributed by atoms with Gasteiger partial charge in [0.05, 0.1) is 12.6 Å². The highest BCUT2D eigenvalue weighted by molar-refractivity contribution is 6.02. The summed E-state index contributed by atoms with van der Waals surface area (Å²) >= 11 is 0. The molecule has 1 aliphatic heterocycles. The Balaban J connectivity index is 2.64. The Morgan fingerprint density at radius 3 is 2.03 bits per heavy atom. The van der Waals surface area contributed by atoms with Crippen molar-refractivity contribution in [3.05, 3.63) is 0 Å². The van der Waals surface area contributed by atoms with Crippen LogP contribution in [-0.2, 0) is 28.8 Å². The van der Waals surface area contributed by atoms with Gasteiger partial charge in [-0.1, -0.05) is 13.8 Å². The molecule has 0 aromatic rings. The Morgan fingerprint density at radius 1 is 0.970 bits per heavy atom. The molecule has 0 aromatic heterocycles. The summed E-state index contributed by atoms with van der Waals surface area (Å²) in [5, 5.41) is 7.70. The maximum absolute atomic E-state index is 12.7. The van der Waals surface area contributed by atoms with Crippen molar-refractivity contribution in [3.8, 4) is 0 Å². The van der Waals surface area contributed by atoms with E-state index in [-0.39, 0.29) is 42.9 Å². The number of ketones is 1. The topological polar surface area (TPSA) is 145 Å². The number of nitrogens with one attached hydrogen (secondary N) is 3. The molecule has 1 aliphatic rings. The van der Waals surface area contributed by atoms with Crippen molar-refractivity contribution in [2.24, 2.45) is 5.92 Å². The second-order valence-electron chi connectivity index (χ2n) is 9.12. The zero-order valence-corrected chi connectivity index (χ0v) is 20.6. The van der Waals surface area contributed by atoms with Crippen LogP contribution in [0.5, 0.6) is 0 Å². The van der Waals surface area contributed by atoms with Crippen molar-refractivity contribution in [1.29, 1.82) is 0 Å². The van der Waals surface area contributed by atoms with Gasteiger partial charge < -0.3 is 25.8 Å². The van der Waals surface area contributed by atoms with Crippen LogP contribution in [0.4, 0.5) is 0 Å². The van der Waals surface area contributed by atoms with Crippen molar-refractivity contribution in [2.75, 3.05) is 20.6 Å². The van der Waals surface area contributed by atoms with Crippen LogP contribution in [0.15, 0.2) is 0 Å². The molecule has 0 aromatic carbocycles. The van der Waals surface area contributed by atoms with E-state index in [4.69, 9.17) is 0 Å². The maximum atomic E-state index is 12.7. The zero-order chi connectivity index (χ0) is 25.5. The average molecular weight is 468 g/mol. The van der Waals surface area contributed by atoms with Gasteiger partial charge in [0.2, 0.25) is 29.5 Å². The Morgan fingerprint density at radius 2 is 1.55 bits per heavy atom. The van der Waals surface area contributed by atoms with E-state index < -0.39 is 41.9 Å². The molecule has 0 unspecified atom stereocenters. The van der Waals surface area contributed by atoms with E-state index >= 15 is 0 Å². The normalized spacial score (nSPS) is 18.0. The van der Waals surface area contributed by atoms with Crippen LogP contribution < -0.4 is 16.0 Å². The minimum absolute atomic E-state index is 0.0558. The second kappa shape index (κ2) is 12.3. The largest absolute Gasteiger partial charge is 0.349 e. The molecule has 0 saturated carbocycles. The molecule has 186 valence electrons. The Hall–Kier alpha value is -2.98. The fraction of sp³-hybridized carbons (Fsp3) is 0.727. The highest BCUT2D eigenvalue weighted by atomic mass is 16.2. The minimum atomic E-state index is -0.942. The van der Waals surface area contributed by atoms with Crippen LogP contribution in [0.1, 0.15) is 53.9 Å². The Bertz CT molecular complexity index is 781. The van der Waals surface area contributed by atoms with E-state index in [2.05, 4.69) is 16.0 Å². The number of carbonyl (C=O) groups excluding carboxylic acids is 6. The van der Waals surface area contributed by atoms with Crippen molar-refractivity contribution in [2.45, 2.75) is 78.0 Å². The molecule has 1 saturated heterocycles. The number of likely N-dealkylation sites (tertiary alicyclic amines) is 1. The Kier molecular flexibility index (Phi) is 10.5. The standard InChI is InChI=1S/C22H37N5O6/c1-12(2)10-16(25-15(5)28)21(32)23-13(3)20(31)24-14(4)22(33)27-11-18(29)17(27)8-9-19(30)26(6)7/h12-14,16-17H,8-11H2,1-7H3,(H,23,32)(H,24,31)(H,25,28)/t13-,14-,16-,17-/m0/s1. The molecule has 5 amide bonds. The summed E-state index contributed by atoms with van der Waals surface area (Å²) in [5.74, 6) is -1.94. The van der Waals surface area contributed by atoms with Gasteiger partial charge >= 0.3 is 0 Å². The van der Waals surface area contributed by atoms with Crippen LogP contribution in [-0.4, -0.2) is 89.9 Å². The molecule has 0 radical (unpaired) electrons. The predicted octanol–water partition coefficient (Wildman–Crippen LogP) is -0.805. The van der Waals surface area contributed by atoms with E-state index in [1.165, 1.54) is 30.6 Å². The molecule has 0 spiro atoms. The maximum Gasteiger partial charge on any atom is 0.245 e. The quantitative estimate of drug-likeness (QED) is 0.363. The lowest BCUT2D eigenvalue weighted by Crippen LogP contribution is -2.64. The molecule has 1 heterocycles. The lowest BCUT2D eigenvalue weighted by atomic mass is 9.95. The fourth-order valence-electron chi connectivity index (χ4n) is 3.45. The summed E-state index contributed by atoms with van der Waals surface area (Å²) in [6, 6.07) is -3.30. The van der Waals surface area contributed by atoms with Crippen LogP contribution >= 0.6 is 0 Å². The molecule has 1 fully saturated rings. The zero-order valence-electron chi connectivity index (χ0n) is 20.6. The molecule has 11 nitrogen and oxygen atoms in total. The molecular weight excluding hydrogens is 430 g/mol. The van der Waals surface area contributed by atoms with Gasteiger partial charge in [-0.25, -0.2) is 0 Å². The van der Waals surface area contributed by atoms with Crippen molar-refractivity contribution >= 4 is 35.3 Å². The molecule has 33 heavy (non-hydrogen) atoms. The van der Waals surface area contributed by atoms with Crippen LogP contribution in [0.3, 0.4) is 0 Å². The first-order valence-electron chi connectivity index (χ1n) is 11.2. The van der Waals surface area contributed by atoms with Gasteiger partial charge in [-0.15, -0.1) is 0 Å². The van der Waals surface area contributed by atoms with Crippen LogP contribution in [0.2, 0.25) is 0 Å². The number of nitrogens with zero attached hydrogens (tertiary/aromatic N) is 2. The second-order valence-corrected chi connectivity index (χ2v) is 9.12. The smallest absolute Gasteiger partial charge is 0.245 e. The van der Waals surface area contributed by atoms with Crippen LogP contribution in [0.25, 0.3) is 0 Å². The molecular formula is C22H37N5O6. The molecule has 1 rings (SSSR count). The van der Waals surface area contributed by atoms with E-state index in [1.807, 2.05) is 13.8 Å². The predicted molar refractivity (Wildman–Crippen MR) is 121 cm³/mol. The van der Waals surface area contributed by atoms with Crippen molar-refractivity contribution in [3.63, 3.8) is 0 Å². The first-order valence-corrected chi connectivity index (χ1v) is 11.2. The van der Waals surface area contributed by atoms with E-state index in [1.54, 1.807) is 14.1 Å². The monoisotopic (exact) mass is 467 g/mol. The lowest BCUT2D eigenvalue weighted by molar-refractivity contribution is -0.154. The van der Waals surface area contributed by atoms with Gasteiger partial charge in [-0.3, -0.25) is 28.8 Å². The third-order valence-electron chi connectivity index (χ3n) is 5.37. The highest BCUT2D eigenvalue weighted by Crippen LogP contribution is 2.20. The summed E-state index contributed by atoms with van der Waals surface area (Å²) in [6.07, 6.45) is 0.785. The summed E-state index contributed by atoms with van der Waals surface area (Å²) in [6.45, 7) is 8.06. The third kappa shape index (κ3) is 8.47. The van der Waals surface area contributed by atoms with Gasteiger partial charge in [0.25, 0.3) is 0 Å². The molecule has 0 aliphatic carbocycles. The number of carbonyl (C=O) groups is 6. The lowest BCUT2D eigenvalue weighted by Gasteiger charge is -2.40. The van der Waals surface area contributed by atoms with Gasteiger partial charge in [-0.2, -0.15) is 0 Å². The Labute approximate surface area is 195 Å². The average Bonchev–Trinajstić information content (AvgIpc) is 2.69. The third-order valence-corrected chi connectivity index (χ3v) is 5.37. The summed E-state index contributed by atoms with van der Waals surface area (Å²) < 4.78 is 0. The van der Waals surface area contributed by atoms with Gasteiger partial charge in [0.1, 0.15) is 18.1 Å². The number of amides is 5. The molecule has 11 heteroatoms. The van der Waals surface area contributed by atoms with Gasteiger partial charge in [-0.05, 0) is 32.6 Å². The van der Waals surface area contributed by atoms with E-state index in [9.17, 15) is 28.8 Å². The summed E-state index contributed by atoms with van der Waals surface area (Å²) in [4.78, 5) is 75.6. The first kappa shape index (κ1) is 28.1. The number of hydrogen-bond donors (Lipinski definition) is 3. The van der Waals surface area contributed by atoms with Gasteiger partial charge in [0.15, 0.2) is 5.78 Å². The number of Topliss-reactive ketones (excluding diaryl/α,β-unsaturated/α-hetero) is 1. The minimum Gasteiger partial charge on any atom is -0.349 e. The molecule has 3 N–H and O–H groups in total. The summed E-state index contributed by atoms with van der Waals surface area (Å²) in [5.41, 5.74) is 0. The van der Waals surface area contributed by atoms with E-state index in [0.717, 1.165) is 0 Å². The number of rotatable bonds is 11. The number of hydrogen-bond acceptors (Lipinski definition) is 6. The SMILES string of the molecule is CC(=O)N[C@@H](CC(C)C)C(=O)N[C@@H](C)C(=O)N[C@@H](C)C(=O)N1CC(=O)[C@@H]1CCC(=O)N(C)C.